The van der Waals surface area contributed by atoms with Crippen molar-refractivity contribution in [2.45, 2.75) is 13.1 Å². The van der Waals surface area contributed by atoms with E-state index in [4.69, 9.17) is 4.74 Å². The molecule has 0 unspecified atom stereocenters. The molecule has 0 radical (unpaired) electrons. The number of hydrogen-bond acceptors (Lipinski definition) is 5. The number of aromatic nitrogens is 1. The van der Waals surface area contributed by atoms with E-state index in [1.165, 1.54) is 55.8 Å². The summed E-state index contributed by atoms with van der Waals surface area (Å²) in [4.78, 5) is 29.4. The van der Waals surface area contributed by atoms with Crippen LogP contribution >= 0.6 is 0 Å². The molecule has 1 aliphatic rings. The van der Waals surface area contributed by atoms with Crippen molar-refractivity contribution in [3.63, 3.8) is 0 Å². The maximum absolute atomic E-state index is 13.2. The number of benzene rings is 2. The van der Waals surface area contributed by atoms with Gasteiger partial charge in [0.25, 0.3) is 0 Å². The summed E-state index contributed by atoms with van der Waals surface area (Å²) in [5.41, 5.74) is 1.89. The molecule has 1 N–H and O–H groups in total. The topological polar surface area (TPSA) is 66.8 Å². The third kappa shape index (κ3) is 5.79. The number of piperazine rings is 1. The molecule has 0 aliphatic carbocycles. The molecule has 1 amide bonds. The Morgan fingerprint density at radius 3 is 2.21 bits per heavy atom. The van der Waals surface area contributed by atoms with Crippen LogP contribution in [0.2, 0.25) is 0 Å². The monoisotopic (exact) mass is 468 g/mol. The molecule has 0 saturated carbocycles. The van der Waals surface area contributed by atoms with Crippen LogP contribution in [0.4, 0.5) is 20.2 Å². The number of methoxy groups -OCH3 is 1. The number of pyridine rings is 1. The molecule has 1 aliphatic heterocycles. The molecule has 1 fully saturated rings. The normalized spacial score (nSPS) is 14.1. The van der Waals surface area contributed by atoms with E-state index in [0.717, 1.165) is 31.9 Å². The largest absolute Gasteiger partial charge is 0.491 e. The molecule has 0 bridgehead atoms. The van der Waals surface area contributed by atoms with E-state index in [1.54, 1.807) is 16.7 Å². The smallest absolute Gasteiger partial charge is 0.244 e. The van der Waals surface area contributed by atoms with Gasteiger partial charge in [-0.05, 0) is 48.5 Å². The van der Waals surface area contributed by atoms with Crippen molar-refractivity contribution < 1.29 is 18.3 Å². The second-order valence-electron chi connectivity index (χ2n) is 8.12. The lowest BCUT2D eigenvalue weighted by Gasteiger charge is -2.36. The summed E-state index contributed by atoms with van der Waals surface area (Å²) in [5, 5.41) is 2.74. The summed E-state index contributed by atoms with van der Waals surface area (Å²) < 4.78 is 33.2. The van der Waals surface area contributed by atoms with Gasteiger partial charge in [-0.3, -0.25) is 14.5 Å². The average molecular weight is 469 g/mol. The van der Waals surface area contributed by atoms with E-state index in [0.29, 0.717) is 17.9 Å². The number of nitrogens with zero attached hydrogens (tertiary/aromatic N) is 3. The molecule has 0 spiro atoms. The number of halogens is 2. The van der Waals surface area contributed by atoms with Crippen molar-refractivity contribution >= 4 is 17.3 Å². The molecule has 178 valence electrons. The van der Waals surface area contributed by atoms with Crippen LogP contribution in [0.5, 0.6) is 5.75 Å². The zero-order valence-electron chi connectivity index (χ0n) is 18.8. The SMILES string of the molecule is COc1cn(CC(=O)Nc2ccc(F)cc2)c(CN2CCN(c3ccc(F)cc3)CC2)cc1=O. The molecule has 34 heavy (non-hydrogen) atoms. The first-order valence-corrected chi connectivity index (χ1v) is 11.0. The molecular formula is C25H26F2N4O3. The van der Waals surface area contributed by atoms with Gasteiger partial charge in [0.2, 0.25) is 11.3 Å². The number of rotatable bonds is 7. The van der Waals surface area contributed by atoms with Crippen LogP contribution in [0.15, 0.2) is 65.6 Å². The maximum Gasteiger partial charge on any atom is 0.244 e. The molecule has 2 aromatic carbocycles. The van der Waals surface area contributed by atoms with Crippen LogP contribution in [0.3, 0.4) is 0 Å². The van der Waals surface area contributed by atoms with Gasteiger partial charge >= 0.3 is 0 Å². The summed E-state index contributed by atoms with van der Waals surface area (Å²) in [6.07, 6.45) is 1.54. The van der Waals surface area contributed by atoms with Gasteiger partial charge in [0, 0.05) is 55.9 Å². The van der Waals surface area contributed by atoms with Crippen LogP contribution in [0, 0.1) is 11.6 Å². The van der Waals surface area contributed by atoms with Crippen molar-refractivity contribution in [2.24, 2.45) is 0 Å². The average Bonchev–Trinajstić information content (AvgIpc) is 2.83. The molecule has 4 rings (SSSR count). The Hall–Kier alpha value is -3.72. The Bertz CT molecular complexity index is 1190. The lowest BCUT2D eigenvalue weighted by Crippen LogP contribution is -2.46. The van der Waals surface area contributed by atoms with E-state index in [2.05, 4.69) is 15.1 Å². The maximum atomic E-state index is 13.2. The summed E-state index contributed by atoms with van der Waals surface area (Å²) in [5.74, 6) is -0.799. The van der Waals surface area contributed by atoms with Crippen molar-refractivity contribution in [3.05, 3.63) is 88.3 Å². The lowest BCUT2D eigenvalue weighted by molar-refractivity contribution is -0.116. The summed E-state index contributed by atoms with van der Waals surface area (Å²) in [6, 6.07) is 13.5. The van der Waals surface area contributed by atoms with Gasteiger partial charge < -0.3 is 19.5 Å². The van der Waals surface area contributed by atoms with Crippen LogP contribution < -0.4 is 20.4 Å². The third-order valence-electron chi connectivity index (χ3n) is 5.79. The fourth-order valence-corrected chi connectivity index (χ4v) is 3.96. The molecule has 2 heterocycles. The molecular weight excluding hydrogens is 442 g/mol. The molecule has 0 atom stereocenters. The Morgan fingerprint density at radius 2 is 1.59 bits per heavy atom. The lowest BCUT2D eigenvalue weighted by atomic mass is 10.2. The Balaban J connectivity index is 1.44. The quantitative estimate of drug-likeness (QED) is 0.577. The van der Waals surface area contributed by atoms with E-state index in [9.17, 15) is 18.4 Å². The first-order valence-electron chi connectivity index (χ1n) is 11.0. The second-order valence-corrected chi connectivity index (χ2v) is 8.12. The van der Waals surface area contributed by atoms with Crippen molar-refractivity contribution in [1.29, 1.82) is 0 Å². The standard InChI is InChI=1S/C25H26F2N4O3/c1-34-24-16-31(17-25(33)28-20-6-2-18(26)3-7-20)22(14-23(24)32)15-29-10-12-30(13-11-29)21-8-4-19(27)5-9-21/h2-9,14,16H,10-13,15,17H2,1H3,(H,28,33). The van der Waals surface area contributed by atoms with Crippen LogP contribution in [0.25, 0.3) is 0 Å². The minimum absolute atomic E-state index is 0.0289. The zero-order chi connectivity index (χ0) is 24.1. The predicted octanol–water partition coefficient (Wildman–Crippen LogP) is 3.10. The van der Waals surface area contributed by atoms with Gasteiger partial charge in [-0.2, -0.15) is 0 Å². The van der Waals surface area contributed by atoms with Gasteiger partial charge in [0.1, 0.15) is 18.2 Å². The Labute approximate surface area is 196 Å². The Kier molecular flexibility index (Phi) is 7.22. The fraction of sp³-hybridized carbons (Fsp3) is 0.280. The third-order valence-corrected chi connectivity index (χ3v) is 5.79. The second kappa shape index (κ2) is 10.5. The highest BCUT2D eigenvalue weighted by Crippen LogP contribution is 2.18. The number of carbonyl (C=O) groups is 1. The van der Waals surface area contributed by atoms with Gasteiger partial charge in [0.15, 0.2) is 5.75 Å². The molecule has 1 saturated heterocycles. The van der Waals surface area contributed by atoms with E-state index in [-0.39, 0.29) is 35.3 Å². The summed E-state index contributed by atoms with van der Waals surface area (Å²) in [7, 11) is 1.41. The van der Waals surface area contributed by atoms with Gasteiger partial charge in [-0.15, -0.1) is 0 Å². The van der Waals surface area contributed by atoms with Crippen molar-refractivity contribution in [2.75, 3.05) is 43.5 Å². The Morgan fingerprint density at radius 1 is 0.971 bits per heavy atom. The number of hydrogen-bond donors (Lipinski definition) is 1. The summed E-state index contributed by atoms with van der Waals surface area (Å²) in [6.45, 7) is 3.48. The van der Waals surface area contributed by atoms with Crippen LogP contribution in [-0.2, 0) is 17.9 Å². The zero-order valence-corrected chi connectivity index (χ0v) is 18.8. The van der Waals surface area contributed by atoms with Gasteiger partial charge in [0.05, 0.1) is 13.3 Å². The number of carbonyl (C=O) groups excluding carboxylic acids is 1. The highest BCUT2D eigenvalue weighted by molar-refractivity contribution is 5.90. The fourth-order valence-electron chi connectivity index (χ4n) is 3.96. The minimum Gasteiger partial charge on any atom is -0.491 e. The first-order chi connectivity index (χ1) is 16.4. The van der Waals surface area contributed by atoms with E-state index >= 15 is 0 Å². The molecule has 1 aromatic heterocycles. The number of nitrogens with one attached hydrogen (secondary N) is 1. The predicted molar refractivity (Wildman–Crippen MR) is 126 cm³/mol. The number of amides is 1. The van der Waals surface area contributed by atoms with Crippen molar-refractivity contribution in [1.82, 2.24) is 9.47 Å². The number of anilines is 2. The first kappa shape index (κ1) is 23.4. The highest BCUT2D eigenvalue weighted by Gasteiger charge is 2.20. The van der Waals surface area contributed by atoms with Crippen LogP contribution in [0.1, 0.15) is 5.69 Å². The van der Waals surface area contributed by atoms with E-state index in [1.807, 2.05) is 0 Å². The molecule has 9 heteroatoms. The van der Waals surface area contributed by atoms with Gasteiger partial charge in [-0.25, -0.2) is 8.78 Å². The highest BCUT2D eigenvalue weighted by atomic mass is 19.1. The molecule has 7 nitrogen and oxygen atoms in total. The van der Waals surface area contributed by atoms with Crippen molar-refractivity contribution in [3.8, 4) is 5.75 Å². The number of ether oxygens (including phenoxy) is 1. The van der Waals surface area contributed by atoms with Crippen LogP contribution in [-0.4, -0.2) is 48.7 Å². The minimum atomic E-state index is -0.384. The van der Waals surface area contributed by atoms with E-state index < -0.39 is 0 Å². The van der Waals surface area contributed by atoms with Gasteiger partial charge in [-0.1, -0.05) is 0 Å². The molecule has 3 aromatic rings. The summed E-state index contributed by atoms with van der Waals surface area (Å²) >= 11 is 0.